The van der Waals surface area contributed by atoms with Crippen molar-refractivity contribution in [2.24, 2.45) is 0 Å². The van der Waals surface area contributed by atoms with Gasteiger partial charge in [-0.3, -0.25) is 10.1 Å². The lowest BCUT2D eigenvalue weighted by molar-refractivity contribution is -0.385. The highest BCUT2D eigenvalue weighted by atomic mass is 19.1. The van der Waals surface area contributed by atoms with E-state index in [1.54, 1.807) is 0 Å². The molecular formula is C12H15FN2O3. The highest BCUT2D eigenvalue weighted by Crippen LogP contribution is 2.25. The molecule has 0 aliphatic heterocycles. The molecule has 1 aliphatic carbocycles. The Labute approximate surface area is 104 Å². The van der Waals surface area contributed by atoms with Gasteiger partial charge < -0.3 is 10.4 Å². The smallest absolute Gasteiger partial charge is 0.274 e. The summed E-state index contributed by atoms with van der Waals surface area (Å²) in [5.41, 5.74) is 0.0513. The summed E-state index contributed by atoms with van der Waals surface area (Å²) in [7, 11) is 0. The molecule has 0 spiro atoms. The quantitative estimate of drug-likeness (QED) is 0.641. The lowest BCUT2D eigenvalue weighted by Gasteiger charge is -2.29. The van der Waals surface area contributed by atoms with Crippen LogP contribution >= 0.6 is 0 Å². The van der Waals surface area contributed by atoms with Gasteiger partial charge in [-0.05, 0) is 18.9 Å². The fourth-order valence-electron chi connectivity index (χ4n) is 2.26. The molecule has 1 saturated carbocycles. The van der Waals surface area contributed by atoms with E-state index in [-0.39, 0.29) is 11.7 Å². The van der Waals surface area contributed by atoms with Crippen molar-refractivity contribution in [3.8, 4) is 0 Å². The molecule has 18 heavy (non-hydrogen) atoms. The second-order valence-corrected chi connectivity index (χ2v) is 4.56. The van der Waals surface area contributed by atoms with E-state index in [0.29, 0.717) is 12.1 Å². The molecule has 2 N–H and O–H groups in total. The number of nitro groups is 1. The Balaban J connectivity index is 2.15. The minimum Gasteiger partial charge on any atom is -0.391 e. The van der Waals surface area contributed by atoms with Gasteiger partial charge in [0.25, 0.3) is 5.69 Å². The SMILES string of the molecule is O=[N+]([O-])c1cc(F)cc(NC2CCCCC2O)c1. The number of non-ortho nitro benzene ring substituents is 1. The molecule has 0 bridgehead atoms. The number of aliphatic hydroxyl groups excluding tert-OH is 1. The summed E-state index contributed by atoms with van der Waals surface area (Å²) in [6.07, 6.45) is 2.97. The molecule has 98 valence electrons. The summed E-state index contributed by atoms with van der Waals surface area (Å²) in [6.45, 7) is 0. The highest BCUT2D eigenvalue weighted by Gasteiger charge is 2.23. The topological polar surface area (TPSA) is 75.4 Å². The normalized spacial score (nSPS) is 23.7. The molecular weight excluding hydrogens is 239 g/mol. The van der Waals surface area contributed by atoms with Crippen LogP contribution in [0.4, 0.5) is 15.8 Å². The molecule has 0 amide bonds. The molecule has 2 unspecified atom stereocenters. The Kier molecular flexibility index (Phi) is 3.76. The van der Waals surface area contributed by atoms with Gasteiger partial charge in [0, 0.05) is 11.8 Å². The maximum Gasteiger partial charge on any atom is 0.274 e. The first-order chi connectivity index (χ1) is 8.56. The van der Waals surface area contributed by atoms with Crippen LogP contribution in [0.1, 0.15) is 25.7 Å². The van der Waals surface area contributed by atoms with Crippen LogP contribution in [0, 0.1) is 15.9 Å². The van der Waals surface area contributed by atoms with E-state index in [1.807, 2.05) is 0 Å². The molecule has 1 aromatic carbocycles. The van der Waals surface area contributed by atoms with Crippen molar-refractivity contribution in [2.45, 2.75) is 37.8 Å². The molecule has 0 heterocycles. The number of benzene rings is 1. The Hall–Kier alpha value is -1.69. The first-order valence-corrected chi connectivity index (χ1v) is 5.96. The van der Waals surface area contributed by atoms with Gasteiger partial charge in [0.1, 0.15) is 5.82 Å². The van der Waals surface area contributed by atoms with Gasteiger partial charge >= 0.3 is 0 Å². The zero-order valence-electron chi connectivity index (χ0n) is 9.80. The maximum atomic E-state index is 13.2. The summed E-state index contributed by atoms with van der Waals surface area (Å²) in [5.74, 6) is -0.656. The predicted octanol–water partition coefficient (Wildman–Crippen LogP) is 2.45. The van der Waals surface area contributed by atoms with E-state index in [9.17, 15) is 19.6 Å². The number of aliphatic hydroxyl groups is 1. The van der Waals surface area contributed by atoms with Crippen LogP contribution < -0.4 is 5.32 Å². The molecule has 6 heteroatoms. The van der Waals surface area contributed by atoms with Crippen molar-refractivity contribution < 1.29 is 14.4 Å². The molecule has 0 radical (unpaired) electrons. The minimum atomic E-state index is -0.656. The van der Waals surface area contributed by atoms with E-state index in [1.165, 1.54) is 12.1 Å². The van der Waals surface area contributed by atoms with E-state index in [0.717, 1.165) is 25.3 Å². The fraction of sp³-hybridized carbons (Fsp3) is 0.500. The first-order valence-electron chi connectivity index (χ1n) is 5.96. The fourth-order valence-corrected chi connectivity index (χ4v) is 2.26. The molecule has 5 nitrogen and oxygen atoms in total. The third-order valence-corrected chi connectivity index (χ3v) is 3.17. The van der Waals surface area contributed by atoms with Crippen LogP contribution in [-0.2, 0) is 0 Å². The number of hydrogen-bond acceptors (Lipinski definition) is 4. The predicted molar refractivity (Wildman–Crippen MR) is 64.9 cm³/mol. The number of anilines is 1. The van der Waals surface area contributed by atoms with Crippen LogP contribution in [0.25, 0.3) is 0 Å². The minimum absolute atomic E-state index is 0.167. The Morgan fingerprint density at radius 2 is 2.06 bits per heavy atom. The molecule has 1 aromatic rings. The van der Waals surface area contributed by atoms with Crippen LogP contribution in [0.15, 0.2) is 18.2 Å². The number of nitrogens with one attached hydrogen (secondary N) is 1. The largest absolute Gasteiger partial charge is 0.391 e. The highest BCUT2D eigenvalue weighted by molar-refractivity contribution is 5.52. The Bertz CT molecular complexity index is 453. The zero-order valence-corrected chi connectivity index (χ0v) is 9.80. The third-order valence-electron chi connectivity index (χ3n) is 3.17. The van der Waals surface area contributed by atoms with Crippen LogP contribution in [0.2, 0.25) is 0 Å². The molecule has 2 atom stereocenters. The van der Waals surface area contributed by atoms with Crippen LogP contribution in [-0.4, -0.2) is 22.2 Å². The van der Waals surface area contributed by atoms with E-state index in [4.69, 9.17) is 0 Å². The Morgan fingerprint density at radius 1 is 1.33 bits per heavy atom. The average Bonchev–Trinajstić information content (AvgIpc) is 2.31. The van der Waals surface area contributed by atoms with Gasteiger partial charge in [-0.2, -0.15) is 0 Å². The molecule has 2 rings (SSSR count). The lowest BCUT2D eigenvalue weighted by atomic mass is 9.92. The van der Waals surface area contributed by atoms with Crippen molar-refractivity contribution in [3.05, 3.63) is 34.1 Å². The van der Waals surface area contributed by atoms with Gasteiger partial charge in [0.15, 0.2) is 0 Å². The molecule has 1 fully saturated rings. The average molecular weight is 254 g/mol. The number of halogens is 1. The number of nitrogens with zero attached hydrogens (tertiary/aromatic N) is 1. The second kappa shape index (κ2) is 5.30. The summed E-state index contributed by atoms with van der Waals surface area (Å²) < 4.78 is 13.2. The molecule has 0 aromatic heterocycles. The van der Waals surface area contributed by atoms with Gasteiger partial charge in [-0.1, -0.05) is 12.8 Å². The van der Waals surface area contributed by atoms with Gasteiger partial charge in [-0.25, -0.2) is 4.39 Å². The maximum absolute atomic E-state index is 13.2. The second-order valence-electron chi connectivity index (χ2n) is 4.56. The van der Waals surface area contributed by atoms with Crippen molar-refractivity contribution in [1.82, 2.24) is 0 Å². The number of rotatable bonds is 3. The zero-order chi connectivity index (χ0) is 13.1. The van der Waals surface area contributed by atoms with Crippen LogP contribution in [0.5, 0.6) is 0 Å². The number of nitro benzene ring substituents is 1. The summed E-state index contributed by atoms with van der Waals surface area (Å²) >= 11 is 0. The molecule has 0 saturated heterocycles. The third kappa shape index (κ3) is 2.95. The van der Waals surface area contributed by atoms with E-state index < -0.39 is 16.8 Å². The van der Waals surface area contributed by atoms with Crippen molar-refractivity contribution in [3.63, 3.8) is 0 Å². The van der Waals surface area contributed by atoms with Crippen LogP contribution in [0.3, 0.4) is 0 Å². The van der Waals surface area contributed by atoms with Gasteiger partial charge in [0.2, 0.25) is 0 Å². The lowest BCUT2D eigenvalue weighted by Crippen LogP contribution is -2.36. The monoisotopic (exact) mass is 254 g/mol. The van der Waals surface area contributed by atoms with Crippen molar-refractivity contribution in [1.29, 1.82) is 0 Å². The van der Waals surface area contributed by atoms with Gasteiger partial charge in [-0.15, -0.1) is 0 Å². The van der Waals surface area contributed by atoms with E-state index >= 15 is 0 Å². The van der Waals surface area contributed by atoms with E-state index in [2.05, 4.69) is 5.32 Å². The summed E-state index contributed by atoms with van der Waals surface area (Å²) in [4.78, 5) is 9.99. The molecule has 1 aliphatic rings. The first kappa shape index (κ1) is 12.8. The number of hydrogen-bond donors (Lipinski definition) is 2. The standard InChI is InChI=1S/C12H15FN2O3/c13-8-5-9(7-10(6-8)15(17)18)14-11-3-1-2-4-12(11)16/h5-7,11-12,14,16H,1-4H2. The van der Waals surface area contributed by atoms with Crippen molar-refractivity contribution >= 4 is 11.4 Å². The van der Waals surface area contributed by atoms with Gasteiger partial charge in [0.05, 0.1) is 23.1 Å². The summed E-state index contributed by atoms with van der Waals surface area (Å²) in [5, 5.41) is 23.4. The summed E-state index contributed by atoms with van der Waals surface area (Å²) in [6, 6.07) is 3.20. The van der Waals surface area contributed by atoms with Crippen molar-refractivity contribution in [2.75, 3.05) is 5.32 Å². The Morgan fingerprint density at radius 3 is 2.72 bits per heavy atom.